The van der Waals surface area contributed by atoms with E-state index in [0.717, 1.165) is 30.6 Å². The third-order valence-corrected chi connectivity index (χ3v) is 5.72. The van der Waals surface area contributed by atoms with Crippen LogP contribution in [-0.2, 0) is 16.1 Å². The summed E-state index contributed by atoms with van der Waals surface area (Å²) in [4.78, 5) is 11.5. The van der Waals surface area contributed by atoms with Crippen LogP contribution in [0.5, 0.6) is 5.75 Å². The summed E-state index contributed by atoms with van der Waals surface area (Å²) >= 11 is 6.48. The minimum absolute atomic E-state index is 0.00284. The van der Waals surface area contributed by atoms with E-state index in [1.54, 1.807) is 0 Å². The van der Waals surface area contributed by atoms with Crippen molar-refractivity contribution in [1.82, 2.24) is 0 Å². The van der Waals surface area contributed by atoms with E-state index >= 15 is 0 Å². The number of alkyl halides is 1. The maximum absolute atomic E-state index is 11.5. The molecule has 29 heavy (non-hydrogen) atoms. The van der Waals surface area contributed by atoms with E-state index in [9.17, 15) is 9.90 Å². The monoisotopic (exact) mass is 424 g/mol. The minimum Gasteiger partial charge on any atom is -0.493 e. The molecule has 4 atom stereocenters. The Balaban J connectivity index is 1.77. The summed E-state index contributed by atoms with van der Waals surface area (Å²) < 4.78 is 11.0. The van der Waals surface area contributed by atoms with Gasteiger partial charge in [-0.05, 0) is 63.1 Å². The zero-order valence-corrected chi connectivity index (χ0v) is 18.1. The van der Waals surface area contributed by atoms with Gasteiger partial charge in [0.25, 0.3) is 0 Å². The Kier molecular flexibility index (Phi) is 9.98. The average molecular weight is 425 g/mol. The van der Waals surface area contributed by atoms with E-state index < -0.39 is 6.10 Å². The Morgan fingerprint density at radius 2 is 1.97 bits per heavy atom. The highest BCUT2D eigenvalue weighted by molar-refractivity contribution is 6.21. The van der Waals surface area contributed by atoms with Crippen LogP contribution in [0.1, 0.15) is 51.5 Å². The first-order valence-corrected chi connectivity index (χ1v) is 10.8. The fourth-order valence-electron chi connectivity index (χ4n) is 3.63. The molecule has 1 aromatic carbocycles. The van der Waals surface area contributed by atoms with Crippen molar-refractivity contribution in [2.45, 2.75) is 70.1 Å². The van der Waals surface area contributed by atoms with Crippen LogP contribution in [0, 0.1) is 11.8 Å². The lowest BCUT2D eigenvalue weighted by molar-refractivity contribution is -0.147. The minimum atomic E-state index is -0.474. The van der Waals surface area contributed by atoms with Crippen LogP contribution in [0.4, 0.5) is 0 Å². The number of aliphatic hydroxyl groups excluding tert-OH is 2. The highest BCUT2D eigenvalue weighted by atomic mass is 35.5. The Morgan fingerprint density at radius 3 is 2.62 bits per heavy atom. The number of aliphatic hydroxyl groups is 2. The lowest BCUT2D eigenvalue weighted by Crippen LogP contribution is -2.27. The number of benzene rings is 1. The van der Waals surface area contributed by atoms with Crippen LogP contribution >= 0.6 is 11.6 Å². The Bertz CT molecular complexity index is 643. The van der Waals surface area contributed by atoms with E-state index in [2.05, 4.69) is 12.2 Å². The van der Waals surface area contributed by atoms with Gasteiger partial charge in [0, 0.05) is 17.7 Å². The summed E-state index contributed by atoms with van der Waals surface area (Å²) in [5, 5.41) is 19.4. The summed E-state index contributed by atoms with van der Waals surface area (Å²) in [6.45, 7) is 4.10. The number of ether oxygens (including phenoxy) is 2. The summed E-state index contributed by atoms with van der Waals surface area (Å²) in [5.74, 6) is 0.679. The molecule has 2 rings (SSSR count). The van der Waals surface area contributed by atoms with Gasteiger partial charge in [-0.25, -0.2) is 0 Å². The van der Waals surface area contributed by atoms with Gasteiger partial charge in [0.2, 0.25) is 0 Å². The van der Waals surface area contributed by atoms with Gasteiger partial charge in [-0.3, -0.25) is 4.79 Å². The molecule has 162 valence electrons. The molecule has 6 heteroatoms. The highest BCUT2D eigenvalue weighted by Gasteiger charge is 2.41. The molecule has 0 bridgehead atoms. The van der Waals surface area contributed by atoms with E-state index in [1.165, 1.54) is 0 Å². The molecule has 0 heterocycles. The van der Waals surface area contributed by atoms with Crippen molar-refractivity contribution in [1.29, 1.82) is 0 Å². The fraction of sp³-hybridized carbons (Fsp3) is 0.609. The molecule has 0 radical (unpaired) electrons. The van der Waals surface area contributed by atoms with E-state index in [0.29, 0.717) is 19.4 Å². The summed E-state index contributed by atoms with van der Waals surface area (Å²) in [7, 11) is 0. The summed E-state index contributed by atoms with van der Waals surface area (Å²) in [6.07, 6.45) is 6.96. The standard InChI is InChI=1S/C23H33ClO5/c1-16(2)29-23(27)8-6-4-3-5-7-19-20(22(26)13-21(19)24)15-28-18-11-9-17(14-25)10-12-18/h3,5,9-12,16,19-22,25-26H,4,6-8,13-15H2,1-2H3/t19-,20-,21-,22-/m1/s1. The molecular formula is C23H33ClO5. The first-order valence-electron chi connectivity index (χ1n) is 10.4. The smallest absolute Gasteiger partial charge is 0.306 e. The molecule has 1 fully saturated rings. The lowest BCUT2D eigenvalue weighted by atomic mass is 9.92. The van der Waals surface area contributed by atoms with Gasteiger partial charge in [-0.1, -0.05) is 24.3 Å². The van der Waals surface area contributed by atoms with Crippen molar-refractivity contribution in [3.63, 3.8) is 0 Å². The quantitative estimate of drug-likeness (QED) is 0.240. The largest absolute Gasteiger partial charge is 0.493 e. The van der Waals surface area contributed by atoms with Crippen molar-refractivity contribution in [2.24, 2.45) is 11.8 Å². The molecule has 0 spiro atoms. The molecule has 5 nitrogen and oxygen atoms in total. The Morgan fingerprint density at radius 1 is 1.24 bits per heavy atom. The predicted octanol–water partition coefficient (Wildman–Crippen LogP) is 4.23. The molecule has 1 aromatic rings. The highest BCUT2D eigenvalue weighted by Crippen LogP contribution is 2.39. The van der Waals surface area contributed by atoms with Crippen molar-refractivity contribution < 1.29 is 24.5 Å². The molecule has 0 amide bonds. The topological polar surface area (TPSA) is 76.0 Å². The molecule has 0 saturated heterocycles. The zero-order valence-electron chi connectivity index (χ0n) is 17.3. The number of allylic oxidation sites excluding steroid dienone is 2. The third kappa shape index (κ3) is 8.00. The number of unbranched alkanes of at least 4 members (excludes halogenated alkanes) is 1. The van der Waals surface area contributed by atoms with Gasteiger partial charge in [-0.15, -0.1) is 11.6 Å². The van der Waals surface area contributed by atoms with Crippen molar-refractivity contribution >= 4 is 17.6 Å². The molecular weight excluding hydrogens is 392 g/mol. The number of carbonyl (C=O) groups excluding carboxylic acids is 1. The van der Waals surface area contributed by atoms with Crippen LogP contribution in [0.2, 0.25) is 0 Å². The average Bonchev–Trinajstić information content (AvgIpc) is 2.95. The van der Waals surface area contributed by atoms with E-state index in [-0.39, 0.29) is 35.9 Å². The van der Waals surface area contributed by atoms with Gasteiger partial charge < -0.3 is 19.7 Å². The predicted molar refractivity (Wildman–Crippen MR) is 114 cm³/mol. The van der Waals surface area contributed by atoms with Crippen LogP contribution in [-0.4, -0.2) is 40.4 Å². The Labute approximate surface area is 178 Å². The van der Waals surface area contributed by atoms with Gasteiger partial charge in [0.15, 0.2) is 0 Å². The SMILES string of the molecule is CC(C)OC(=O)CCCC=CC[C@@H]1[C@@H](COc2ccc(CO)cc2)[C@H](O)C[C@H]1Cl. The molecule has 0 aromatic heterocycles. The van der Waals surface area contributed by atoms with Gasteiger partial charge >= 0.3 is 5.97 Å². The van der Waals surface area contributed by atoms with Crippen molar-refractivity contribution in [3.05, 3.63) is 42.0 Å². The van der Waals surface area contributed by atoms with Crippen molar-refractivity contribution in [3.8, 4) is 5.75 Å². The molecule has 0 aliphatic heterocycles. The number of hydrogen-bond donors (Lipinski definition) is 2. The summed E-state index contributed by atoms with van der Waals surface area (Å²) in [6, 6.07) is 7.29. The van der Waals surface area contributed by atoms with Crippen LogP contribution < -0.4 is 4.74 Å². The maximum atomic E-state index is 11.5. The van der Waals surface area contributed by atoms with Crippen molar-refractivity contribution in [2.75, 3.05) is 6.61 Å². The van der Waals surface area contributed by atoms with E-state index in [4.69, 9.17) is 26.2 Å². The van der Waals surface area contributed by atoms with Crippen LogP contribution in [0.25, 0.3) is 0 Å². The van der Waals surface area contributed by atoms with E-state index in [1.807, 2.05) is 38.1 Å². The molecule has 0 unspecified atom stereocenters. The normalized spacial score (nSPS) is 24.3. The Hall–Kier alpha value is -1.56. The van der Waals surface area contributed by atoms with Gasteiger partial charge in [0.05, 0.1) is 25.4 Å². The second kappa shape index (κ2) is 12.2. The summed E-state index contributed by atoms with van der Waals surface area (Å²) in [5.41, 5.74) is 0.833. The van der Waals surface area contributed by atoms with Gasteiger partial charge in [-0.2, -0.15) is 0 Å². The zero-order chi connectivity index (χ0) is 21.2. The second-order valence-electron chi connectivity index (χ2n) is 7.90. The van der Waals surface area contributed by atoms with Crippen LogP contribution in [0.3, 0.4) is 0 Å². The van der Waals surface area contributed by atoms with Gasteiger partial charge in [0.1, 0.15) is 5.75 Å². The van der Waals surface area contributed by atoms with Crippen LogP contribution in [0.15, 0.2) is 36.4 Å². The number of halogens is 1. The molecule has 1 aliphatic carbocycles. The lowest BCUT2D eigenvalue weighted by Gasteiger charge is -2.22. The molecule has 2 N–H and O–H groups in total. The number of carbonyl (C=O) groups is 1. The number of rotatable bonds is 11. The molecule has 1 saturated carbocycles. The number of hydrogen-bond acceptors (Lipinski definition) is 5. The maximum Gasteiger partial charge on any atom is 0.306 e. The third-order valence-electron chi connectivity index (χ3n) is 5.22. The molecule has 1 aliphatic rings. The fourth-order valence-corrected chi connectivity index (χ4v) is 4.10. The first-order chi connectivity index (χ1) is 13.9. The second-order valence-corrected chi connectivity index (χ2v) is 8.46. The number of esters is 1. The first kappa shape index (κ1) is 23.7.